The Hall–Kier alpha value is -1.84. The van der Waals surface area contributed by atoms with E-state index in [1.165, 1.54) is 6.42 Å². The summed E-state index contributed by atoms with van der Waals surface area (Å²) < 4.78 is 0. The maximum absolute atomic E-state index is 11.9. The van der Waals surface area contributed by atoms with Crippen LogP contribution < -0.4 is 10.9 Å². The van der Waals surface area contributed by atoms with Gasteiger partial charge in [0.25, 0.3) is 5.56 Å². The van der Waals surface area contributed by atoms with Crippen molar-refractivity contribution in [3.8, 4) is 0 Å². The Balaban J connectivity index is 1.91. The van der Waals surface area contributed by atoms with Gasteiger partial charge in [0.1, 0.15) is 0 Å². The molecule has 1 aromatic carbocycles. The monoisotopic (exact) mass is 243 g/mol. The molecular formula is C14H17N3O. The van der Waals surface area contributed by atoms with Crippen LogP contribution in [0.25, 0.3) is 10.9 Å². The van der Waals surface area contributed by atoms with Crippen LogP contribution in [0.4, 0.5) is 5.95 Å². The molecule has 0 aliphatic heterocycles. The second-order valence-corrected chi connectivity index (χ2v) is 5.19. The molecule has 18 heavy (non-hydrogen) atoms. The number of para-hydroxylation sites is 1. The fourth-order valence-electron chi connectivity index (χ4n) is 2.69. The van der Waals surface area contributed by atoms with E-state index in [-0.39, 0.29) is 5.56 Å². The molecule has 4 heteroatoms. The molecule has 3 rings (SSSR count). The lowest BCUT2D eigenvalue weighted by Gasteiger charge is -2.12. The lowest BCUT2D eigenvalue weighted by molar-refractivity contribution is 0.602. The Labute approximate surface area is 105 Å². The normalized spacial score (nSPS) is 23.4. The number of fused-ring (bicyclic) bond motifs is 1. The lowest BCUT2D eigenvalue weighted by Crippen LogP contribution is -2.20. The fraction of sp³-hybridized carbons (Fsp3) is 0.429. The van der Waals surface area contributed by atoms with Gasteiger partial charge >= 0.3 is 0 Å². The van der Waals surface area contributed by atoms with Crippen molar-refractivity contribution >= 4 is 16.9 Å². The molecule has 2 unspecified atom stereocenters. The molecule has 1 fully saturated rings. The highest BCUT2D eigenvalue weighted by Crippen LogP contribution is 2.26. The van der Waals surface area contributed by atoms with E-state index < -0.39 is 0 Å². The van der Waals surface area contributed by atoms with Crippen molar-refractivity contribution in [3.63, 3.8) is 0 Å². The minimum Gasteiger partial charge on any atom is -0.353 e. The number of hydrogen-bond donors (Lipinski definition) is 2. The van der Waals surface area contributed by atoms with Gasteiger partial charge in [-0.1, -0.05) is 19.1 Å². The first kappa shape index (κ1) is 11.3. The SMILES string of the molecule is CC1CCC(Nc2nc3ccccc3c(=O)[nH]2)C1. The van der Waals surface area contributed by atoms with Crippen LogP contribution in [0.5, 0.6) is 0 Å². The van der Waals surface area contributed by atoms with Crippen LogP contribution in [0.1, 0.15) is 26.2 Å². The zero-order valence-corrected chi connectivity index (χ0v) is 10.4. The lowest BCUT2D eigenvalue weighted by atomic mass is 10.1. The summed E-state index contributed by atoms with van der Waals surface area (Å²) in [5.41, 5.74) is 0.670. The summed E-state index contributed by atoms with van der Waals surface area (Å²) in [4.78, 5) is 19.2. The molecule has 2 N–H and O–H groups in total. The fourth-order valence-corrected chi connectivity index (χ4v) is 2.69. The molecule has 2 atom stereocenters. The van der Waals surface area contributed by atoms with Crippen molar-refractivity contribution < 1.29 is 0 Å². The molecule has 0 radical (unpaired) electrons. The van der Waals surface area contributed by atoms with Gasteiger partial charge in [0.05, 0.1) is 10.9 Å². The first-order chi connectivity index (χ1) is 8.72. The van der Waals surface area contributed by atoms with Crippen LogP contribution in [-0.4, -0.2) is 16.0 Å². The van der Waals surface area contributed by atoms with Gasteiger partial charge in [-0.25, -0.2) is 4.98 Å². The van der Waals surface area contributed by atoms with E-state index in [1.807, 2.05) is 18.2 Å². The molecule has 0 amide bonds. The van der Waals surface area contributed by atoms with E-state index in [2.05, 4.69) is 22.2 Å². The van der Waals surface area contributed by atoms with E-state index in [4.69, 9.17) is 0 Å². The van der Waals surface area contributed by atoms with Crippen molar-refractivity contribution in [2.45, 2.75) is 32.2 Å². The molecule has 4 nitrogen and oxygen atoms in total. The molecule has 1 aromatic heterocycles. The number of aromatic nitrogens is 2. The van der Waals surface area contributed by atoms with E-state index >= 15 is 0 Å². The summed E-state index contributed by atoms with van der Waals surface area (Å²) in [5, 5.41) is 3.98. The van der Waals surface area contributed by atoms with Gasteiger partial charge in [-0.05, 0) is 37.3 Å². The molecule has 1 heterocycles. The maximum atomic E-state index is 11.9. The molecule has 0 bridgehead atoms. The van der Waals surface area contributed by atoms with Crippen LogP contribution in [0.2, 0.25) is 0 Å². The first-order valence-electron chi connectivity index (χ1n) is 6.48. The largest absolute Gasteiger partial charge is 0.353 e. The molecule has 0 spiro atoms. The molecule has 94 valence electrons. The van der Waals surface area contributed by atoms with Crippen LogP contribution in [0.3, 0.4) is 0 Å². The zero-order valence-electron chi connectivity index (χ0n) is 10.4. The second-order valence-electron chi connectivity index (χ2n) is 5.19. The molecule has 1 aliphatic carbocycles. The third-order valence-electron chi connectivity index (χ3n) is 3.65. The summed E-state index contributed by atoms with van der Waals surface area (Å²) in [7, 11) is 0. The van der Waals surface area contributed by atoms with Crippen molar-refractivity contribution in [1.82, 2.24) is 9.97 Å². The van der Waals surface area contributed by atoms with Crippen molar-refractivity contribution in [3.05, 3.63) is 34.6 Å². The van der Waals surface area contributed by atoms with Gasteiger partial charge in [-0.2, -0.15) is 0 Å². The third-order valence-corrected chi connectivity index (χ3v) is 3.65. The minimum atomic E-state index is -0.0749. The molecule has 1 saturated carbocycles. The smallest absolute Gasteiger partial charge is 0.260 e. The highest BCUT2D eigenvalue weighted by Gasteiger charge is 2.21. The molecule has 2 aromatic rings. The number of H-pyrrole nitrogens is 1. The zero-order chi connectivity index (χ0) is 12.5. The Kier molecular flexibility index (Phi) is 2.78. The van der Waals surface area contributed by atoms with Gasteiger partial charge < -0.3 is 5.32 Å². The van der Waals surface area contributed by atoms with E-state index in [1.54, 1.807) is 6.07 Å². The Bertz CT molecular complexity index is 620. The van der Waals surface area contributed by atoms with E-state index in [9.17, 15) is 4.79 Å². The second kappa shape index (κ2) is 4.44. The van der Waals surface area contributed by atoms with E-state index in [0.29, 0.717) is 17.4 Å². The number of aromatic amines is 1. The predicted molar refractivity (Wildman–Crippen MR) is 72.8 cm³/mol. The van der Waals surface area contributed by atoms with Gasteiger partial charge in [0.15, 0.2) is 0 Å². The maximum Gasteiger partial charge on any atom is 0.260 e. The number of anilines is 1. The highest BCUT2D eigenvalue weighted by atomic mass is 16.1. The molecule has 1 aliphatic rings. The van der Waals surface area contributed by atoms with E-state index in [0.717, 1.165) is 24.3 Å². The summed E-state index contributed by atoms with van der Waals surface area (Å²) in [6.07, 6.45) is 3.55. The average molecular weight is 243 g/mol. The molecular weight excluding hydrogens is 226 g/mol. The predicted octanol–water partition coefficient (Wildman–Crippen LogP) is 2.52. The third kappa shape index (κ3) is 2.10. The van der Waals surface area contributed by atoms with Crippen molar-refractivity contribution in [2.24, 2.45) is 5.92 Å². The number of nitrogens with one attached hydrogen (secondary N) is 2. The molecule has 0 saturated heterocycles. The summed E-state index contributed by atoms with van der Waals surface area (Å²) in [6.45, 7) is 2.26. The van der Waals surface area contributed by atoms with Crippen molar-refractivity contribution in [2.75, 3.05) is 5.32 Å². The van der Waals surface area contributed by atoms with Crippen LogP contribution >= 0.6 is 0 Å². The van der Waals surface area contributed by atoms with Gasteiger partial charge in [0.2, 0.25) is 5.95 Å². The van der Waals surface area contributed by atoms with Gasteiger partial charge in [0, 0.05) is 6.04 Å². The Morgan fingerprint density at radius 2 is 2.17 bits per heavy atom. The Morgan fingerprint density at radius 3 is 2.94 bits per heavy atom. The van der Waals surface area contributed by atoms with Crippen LogP contribution in [0.15, 0.2) is 29.1 Å². The number of benzene rings is 1. The first-order valence-corrected chi connectivity index (χ1v) is 6.48. The van der Waals surface area contributed by atoms with Gasteiger partial charge in [-0.3, -0.25) is 9.78 Å². The number of rotatable bonds is 2. The van der Waals surface area contributed by atoms with Crippen LogP contribution in [0, 0.1) is 5.92 Å². The topological polar surface area (TPSA) is 57.8 Å². The average Bonchev–Trinajstić information content (AvgIpc) is 2.75. The minimum absolute atomic E-state index is 0.0749. The number of nitrogens with zero attached hydrogens (tertiary/aromatic N) is 1. The Morgan fingerprint density at radius 1 is 1.33 bits per heavy atom. The van der Waals surface area contributed by atoms with Gasteiger partial charge in [-0.15, -0.1) is 0 Å². The van der Waals surface area contributed by atoms with Crippen molar-refractivity contribution in [1.29, 1.82) is 0 Å². The van der Waals surface area contributed by atoms with Crippen LogP contribution in [-0.2, 0) is 0 Å². The quantitative estimate of drug-likeness (QED) is 0.852. The summed E-state index contributed by atoms with van der Waals surface area (Å²) >= 11 is 0. The summed E-state index contributed by atoms with van der Waals surface area (Å²) in [5.74, 6) is 1.35. The summed E-state index contributed by atoms with van der Waals surface area (Å²) in [6, 6.07) is 7.85. The number of hydrogen-bond acceptors (Lipinski definition) is 3. The highest BCUT2D eigenvalue weighted by molar-refractivity contribution is 5.78. The standard InChI is InChI=1S/C14H17N3O/c1-9-6-7-10(8-9)15-14-16-12-5-3-2-4-11(12)13(18)17-14/h2-5,9-10H,6-8H2,1H3,(H2,15,16,17,18).